The molecule has 0 spiro atoms. The van der Waals surface area contributed by atoms with Crippen molar-refractivity contribution < 1.29 is 44.0 Å². The molecular formula is C53H50F2N4O8S2. The first-order chi connectivity index (χ1) is 32.3. The van der Waals surface area contributed by atoms with Crippen LogP contribution in [0.25, 0.3) is 66.8 Å². The van der Waals surface area contributed by atoms with Gasteiger partial charge in [0.2, 0.25) is 20.0 Å². The number of hydrogen-bond acceptors (Lipinski definition) is 10. The summed E-state index contributed by atoms with van der Waals surface area (Å²) in [7, 11) is -4.33. The predicted octanol–water partition coefficient (Wildman–Crippen LogP) is 11.8. The number of nitriles is 1. The summed E-state index contributed by atoms with van der Waals surface area (Å²) in [5.74, 6) is -0.509. The van der Waals surface area contributed by atoms with Crippen molar-refractivity contribution >= 4 is 64.9 Å². The SMILES string of the molecule is C.CCC(=O)c1c(-c2ccc(F)cc2)oc2cc(N(C)S(C)(=O)=O)c(-c3cccc(C#N)c3)cc12.CCC(=O)c1c(-c2ccc(F)cc2)oc2cc(N(C)S(C)(=O)=O)c(-c3cccc(CN)c3)cc12. The zero-order valence-electron chi connectivity index (χ0n) is 37.9. The van der Waals surface area contributed by atoms with Gasteiger partial charge in [0.15, 0.2) is 11.6 Å². The van der Waals surface area contributed by atoms with Crippen molar-refractivity contribution in [3.63, 3.8) is 0 Å². The van der Waals surface area contributed by atoms with E-state index in [1.807, 2.05) is 24.3 Å². The second-order valence-electron chi connectivity index (χ2n) is 16.0. The summed E-state index contributed by atoms with van der Waals surface area (Å²) >= 11 is 0. The lowest BCUT2D eigenvalue weighted by molar-refractivity contribution is 0.0981. The van der Waals surface area contributed by atoms with E-state index in [9.17, 15) is 40.5 Å². The van der Waals surface area contributed by atoms with Crippen molar-refractivity contribution in [3.8, 4) is 51.0 Å². The Balaban J connectivity index is 0.000000224. The molecule has 0 aliphatic heterocycles. The lowest BCUT2D eigenvalue weighted by Gasteiger charge is -2.21. The van der Waals surface area contributed by atoms with Gasteiger partial charge in [-0.15, -0.1) is 0 Å². The monoisotopic (exact) mass is 972 g/mol. The van der Waals surface area contributed by atoms with Crippen LogP contribution in [0.3, 0.4) is 0 Å². The molecule has 69 heavy (non-hydrogen) atoms. The molecular weight excluding hydrogens is 923 g/mol. The van der Waals surface area contributed by atoms with E-state index in [0.717, 1.165) is 27.9 Å². The van der Waals surface area contributed by atoms with Gasteiger partial charge < -0.3 is 14.6 Å². The van der Waals surface area contributed by atoms with Crippen molar-refractivity contribution in [1.82, 2.24) is 0 Å². The summed E-state index contributed by atoms with van der Waals surface area (Å²) in [6.07, 6.45) is 2.67. The third-order valence-electron chi connectivity index (χ3n) is 11.5. The highest BCUT2D eigenvalue weighted by atomic mass is 32.2. The van der Waals surface area contributed by atoms with Crippen molar-refractivity contribution in [2.45, 2.75) is 40.7 Å². The predicted molar refractivity (Wildman–Crippen MR) is 269 cm³/mol. The molecule has 356 valence electrons. The highest BCUT2D eigenvalue weighted by Gasteiger charge is 2.28. The average Bonchev–Trinajstić information content (AvgIpc) is 3.90. The number of nitrogens with two attached hydrogens (primary N) is 1. The van der Waals surface area contributed by atoms with E-state index in [-0.39, 0.29) is 37.6 Å². The summed E-state index contributed by atoms with van der Waals surface area (Å²) in [6.45, 7) is 3.82. The largest absolute Gasteiger partial charge is 0.455 e. The molecule has 16 heteroatoms. The summed E-state index contributed by atoms with van der Waals surface area (Å²) < 4.78 is 91.2. The van der Waals surface area contributed by atoms with Gasteiger partial charge >= 0.3 is 0 Å². The van der Waals surface area contributed by atoms with Crippen LogP contribution in [-0.4, -0.2) is 55.0 Å². The number of rotatable bonds is 13. The van der Waals surface area contributed by atoms with E-state index >= 15 is 0 Å². The quantitative estimate of drug-likeness (QED) is 0.109. The molecule has 0 saturated heterocycles. The summed E-state index contributed by atoms with van der Waals surface area (Å²) in [5.41, 5.74) is 12.9. The second kappa shape index (κ2) is 20.4. The summed E-state index contributed by atoms with van der Waals surface area (Å²) in [5, 5.41) is 10.4. The first-order valence-corrected chi connectivity index (χ1v) is 24.9. The Morgan fingerprint density at radius 2 is 1.01 bits per heavy atom. The maximum Gasteiger partial charge on any atom is 0.232 e. The standard InChI is InChI=1S/C26H25FN2O4S.C26H21FN2O4S.CH4/c2*1-4-23(30)25-21-13-20(18-7-5-6-16(12-18)15-28)22(29(2)34(3,31)32)14-24(21)33-26(25)17-8-10-19(27)11-9-17;/h5-14H,4,15,28H2,1-3H3;5-14H,4H2,1-3H3;1H4. The van der Waals surface area contributed by atoms with Crippen LogP contribution in [-0.2, 0) is 26.6 Å². The fourth-order valence-electron chi connectivity index (χ4n) is 7.74. The van der Waals surface area contributed by atoms with E-state index < -0.39 is 31.7 Å². The van der Waals surface area contributed by atoms with Crippen LogP contribution < -0.4 is 14.3 Å². The fourth-order valence-corrected chi connectivity index (χ4v) is 8.76. The lowest BCUT2D eigenvalue weighted by atomic mass is 9.96. The third-order valence-corrected chi connectivity index (χ3v) is 13.9. The Bertz CT molecular complexity index is 3520. The van der Waals surface area contributed by atoms with Crippen LogP contribution in [0.5, 0.6) is 0 Å². The Morgan fingerprint density at radius 1 is 0.609 bits per heavy atom. The highest BCUT2D eigenvalue weighted by Crippen LogP contribution is 2.44. The van der Waals surface area contributed by atoms with Crippen LogP contribution in [0.15, 0.2) is 130 Å². The van der Waals surface area contributed by atoms with Gasteiger partial charge in [-0.25, -0.2) is 25.6 Å². The molecule has 2 aromatic heterocycles. The van der Waals surface area contributed by atoms with Crippen molar-refractivity contribution in [2.75, 3.05) is 35.2 Å². The number of hydrogen-bond donors (Lipinski definition) is 1. The number of carbonyl (C=O) groups excluding carboxylic acids is 2. The van der Waals surface area contributed by atoms with Gasteiger partial charge in [0, 0.05) is 78.6 Å². The zero-order chi connectivity index (χ0) is 49.2. The zero-order valence-corrected chi connectivity index (χ0v) is 39.6. The summed E-state index contributed by atoms with van der Waals surface area (Å²) in [6, 6.07) is 34.4. The number of ketones is 2. The maximum absolute atomic E-state index is 13.5. The van der Waals surface area contributed by atoms with Gasteiger partial charge in [0.25, 0.3) is 0 Å². The Labute approximate surface area is 400 Å². The van der Waals surface area contributed by atoms with Crippen LogP contribution >= 0.6 is 0 Å². The number of sulfonamides is 2. The molecule has 0 atom stereocenters. The van der Waals surface area contributed by atoms with Crippen LogP contribution in [0.2, 0.25) is 0 Å². The third kappa shape index (κ3) is 10.5. The van der Waals surface area contributed by atoms with Gasteiger partial charge in [-0.3, -0.25) is 18.2 Å². The summed E-state index contributed by atoms with van der Waals surface area (Å²) in [4.78, 5) is 26.0. The number of benzene rings is 6. The fraction of sp³-hybridized carbons (Fsp3) is 0.189. The van der Waals surface area contributed by atoms with E-state index in [0.29, 0.717) is 90.1 Å². The molecule has 8 aromatic rings. The molecule has 0 aliphatic rings. The number of fused-ring (bicyclic) bond motifs is 2. The number of carbonyl (C=O) groups is 2. The molecule has 0 radical (unpaired) electrons. The van der Waals surface area contributed by atoms with Crippen LogP contribution in [0.4, 0.5) is 20.2 Å². The van der Waals surface area contributed by atoms with Gasteiger partial charge in [0.05, 0.1) is 46.6 Å². The molecule has 0 amide bonds. The van der Waals surface area contributed by atoms with Crippen molar-refractivity contribution in [3.05, 3.63) is 155 Å². The van der Waals surface area contributed by atoms with Gasteiger partial charge in [-0.1, -0.05) is 51.6 Å². The molecule has 0 saturated carbocycles. The van der Waals surface area contributed by atoms with E-state index in [4.69, 9.17) is 14.6 Å². The van der Waals surface area contributed by atoms with E-state index in [1.54, 1.807) is 74.5 Å². The Hall–Kier alpha value is -7.45. The van der Waals surface area contributed by atoms with E-state index in [2.05, 4.69) is 6.07 Å². The minimum atomic E-state index is -3.63. The molecule has 8 rings (SSSR count). The number of furan rings is 2. The van der Waals surface area contributed by atoms with Gasteiger partial charge in [0.1, 0.15) is 34.3 Å². The number of nitrogens with zero attached hydrogens (tertiary/aromatic N) is 3. The van der Waals surface area contributed by atoms with Crippen LogP contribution in [0, 0.1) is 23.0 Å². The van der Waals surface area contributed by atoms with Gasteiger partial charge in [-0.2, -0.15) is 5.26 Å². The molecule has 0 bridgehead atoms. The number of anilines is 2. The minimum absolute atomic E-state index is 0. The topological polar surface area (TPSA) is 185 Å². The molecule has 0 fully saturated rings. The first kappa shape index (κ1) is 51.0. The van der Waals surface area contributed by atoms with E-state index in [1.165, 1.54) is 54.8 Å². The Kier molecular flexibility index (Phi) is 15.1. The number of Topliss-reactive ketones (excluding diaryl/α,β-unsaturated/α-hetero) is 2. The molecule has 0 aliphatic carbocycles. The minimum Gasteiger partial charge on any atom is -0.455 e. The molecule has 2 N–H and O–H groups in total. The number of halogens is 2. The second-order valence-corrected chi connectivity index (χ2v) is 20.0. The highest BCUT2D eigenvalue weighted by molar-refractivity contribution is 7.92. The molecule has 2 heterocycles. The Morgan fingerprint density at radius 3 is 1.39 bits per heavy atom. The smallest absolute Gasteiger partial charge is 0.232 e. The van der Waals surface area contributed by atoms with Gasteiger partial charge in [-0.05, 0) is 95.6 Å². The first-order valence-electron chi connectivity index (χ1n) is 21.2. The maximum atomic E-state index is 13.5. The molecule has 12 nitrogen and oxygen atoms in total. The van der Waals surface area contributed by atoms with Crippen LogP contribution in [0.1, 0.15) is 66.0 Å². The normalized spacial score (nSPS) is 11.4. The molecule has 0 unspecified atom stereocenters. The van der Waals surface area contributed by atoms with Crippen molar-refractivity contribution in [1.29, 1.82) is 5.26 Å². The molecule has 6 aromatic carbocycles. The lowest BCUT2D eigenvalue weighted by Crippen LogP contribution is -2.25. The average molecular weight is 973 g/mol. The van der Waals surface area contributed by atoms with Crippen molar-refractivity contribution in [2.24, 2.45) is 5.73 Å².